The van der Waals surface area contributed by atoms with E-state index in [1.807, 2.05) is 6.07 Å². The number of nitrogens with zero attached hydrogens (tertiary/aromatic N) is 5. The van der Waals surface area contributed by atoms with Gasteiger partial charge < -0.3 is 20.3 Å². The van der Waals surface area contributed by atoms with E-state index in [-0.39, 0.29) is 41.1 Å². The Kier molecular flexibility index (Phi) is 7.24. The SMILES string of the molecule is COc1ccc(NC(=O)c2ccc(CN3C(=O)c4c(cnn4C)NC(=O)C3Cc3ccccn3)cc2Cl)nc1. The van der Waals surface area contributed by atoms with Crippen molar-refractivity contribution in [3.05, 3.63) is 94.7 Å². The molecule has 3 aromatic heterocycles. The lowest BCUT2D eigenvalue weighted by molar-refractivity contribution is -0.120. The normalized spacial score (nSPS) is 14.8. The number of benzene rings is 1. The Morgan fingerprint density at radius 3 is 2.67 bits per heavy atom. The van der Waals surface area contributed by atoms with Crippen molar-refractivity contribution in [2.45, 2.75) is 19.0 Å². The molecule has 2 N–H and O–H groups in total. The number of carbonyl (C=O) groups excluding carboxylic acids is 3. The summed E-state index contributed by atoms with van der Waals surface area (Å²) in [5, 5.41) is 9.83. The molecule has 198 valence electrons. The number of aromatic nitrogens is 4. The van der Waals surface area contributed by atoms with E-state index in [2.05, 4.69) is 25.7 Å². The van der Waals surface area contributed by atoms with Crippen LogP contribution in [0, 0.1) is 0 Å². The molecule has 1 atom stereocenters. The zero-order valence-corrected chi connectivity index (χ0v) is 21.8. The standard InChI is InChI=1S/C27H24ClN7O4/c1-34-24-21(14-31-34)32-26(37)22(12-17-5-3-4-10-29-17)35(27(24)38)15-16-6-8-19(20(28)11-16)25(36)33-23-9-7-18(39-2)13-30-23/h3-11,13-14,22H,12,15H2,1-2H3,(H,32,37)(H,30,33,36). The van der Waals surface area contributed by atoms with Crippen molar-refractivity contribution in [2.24, 2.45) is 7.05 Å². The van der Waals surface area contributed by atoms with Crippen LogP contribution >= 0.6 is 11.6 Å². The lowest BCUT2D eigenvalue weighted by Gasteiger charge is -2.29. The molecule has 12 heteroatoms. The van der Waals surface area contributed by atoms with Gasteiger partial charge in [0.1, 0.15) is 23.3 Å². The van der Waals surface area contributed by atoms with E-state index in [4.69, 9.17) is 16.3 Å². The number of nitrogens with one attached hydrogen (secondary N) is 2. The fourth-order valence-corrected chi connectivity index (χ4v) is 4.61. The number of fused-ring (bicyclic) bond motifs is 1. The molecule has 1 aliphatic rings. The lowest BCUT2D eigenvalue weighted by Crippen LogP contribution is -2.46. The van der Waals surface area contributed by atoms with E-state index in [9.17, 15) is 14.4 Å². The molecule has 1 unspecified atom stereocenters. The van der Waals surface area contributed by atoms with Gasteiger partial charge in [-0.2, -0.15) is 5.10 Å². The zero-order chi connectivity index (χ0) is 27.5. The molecule has 1 aromatic carbocycles. The van der Waals surface area contributed by atoms with E-state index in [0.29, 0.717) is 28.5 Å². The molecule has 0 fully saturated rings. The smallest absolute Gasteiger partial charge is 0.275 e. The van der Waals surface area contributed by atoms with Crippen molar-refractivity contribution in [1.29, 1.82) is 0 Å². The van der Waals surface area contributed by atoms with Gasteiger partial charge in [-0.05, 0) is 42.0 Å². The van der Waals surface area contributed by atoms with Crippen LogP contribution in [0.1, 0.15) is 32.1 Å². The highest BCUT2D eigenvalue weighted by Crippen LogP contribution is 2.27. The summed E-state index contributed by atoms with van der Waals surface area (Å²) in [7, 11) is 3.17. The Hall–Kier alpha value is -4.77. The summed E-state index contributed by atoms with van der Waals surface area (Å²) >= 11 is 6.50. The summed E-state index contributed by atoms with van der Waals surface area (Å²) in [6.07, 6.45) is 4.79. The van der Waals surface area contributed by atoms with Crippen LogP contribution in [0.15, 0.2) is 67.1 Å². The summed E-state index contributed by atoms with van der Waals surface area (Å²) < 4.78 is 6.51. The largest absolute Gasteiger partial charge is 0.495 e. The molecule has 3 amide bonds. The topological polar surface area (TPSA) is 131 Å². The molecule has 0 bridgehead atoms. The number of anilines is 2. The van der Waals surface area contributed by atoms with Crippen molar-refractivity contribution in [2.75, 3.05) is 17.7 Å². The Labute approximate surface area is 228 Å². The lowest BCUT2D eigenvalue weighted by atomic mass is 10.1. The molecule has 0 saturated carbocycles. The van der Waals surface area contributed by atoms with Gasteiger partial charge in [-0.15, -0.1) is 0 Å². The van der Waals surface area contributed by atoms with Crippen LogP contribution in [0.2, 0.25) is 5.02 Å². The molecule has 0 aliphatic carbocycles. The number of carbonyl (C=O) groups is 3. The monoisotopic (exact) mass is 545 g/mol. The average molecular weight is 546 g/mol. The van der Waals surface area contributed by atoms with Gasteiger partial charge in [0.25, 0.3) is 11.8 Å². The summed E-state index contributed by atoms with van der Waals surface area (Å²) in [6.45, 7) is 0.0655. The maximum atomic E-state index is 13.7. The number of pyridine rings is 2. The second-order valence-corrected chi connectivity index (χ2v) is 9.25. The first-order valence-corrected chi connectivity index (χ1v) is 12.4. The van der Waals surface area contributed by atoms with Gasteiger partial charge in [0.2, 0.25) is 5.91 Å². The molecular formula is C27H24ClN7O4. The van der Waals surface area contributed by atoms with Crippen molar-refractivity contribution in [1.82, 2.24) is 24.6 Å². The highest BCUT2D eigenvalue weighted by Gasteiger charge is 2.37. The first kappa shape index (κ1) is 25.9. The number of rotatable bonds is 7. The maximum absolute atomic E-state index is 13.7. The molecule has 11 nitrogen and oxygen atoms in total. The number of hydrogen-bond acceptors (Lipinski definition) is 7. The highest BCUT2D eigenvalue weighted by molar-refractivity contribution is 6.34. The molecule has 0 radical (unpaired) electrons. The van der Waals surface area contributed by atoms with Gasteiger partial charge >= 0.3 is 0 Å². The van der Waals surface area contributed by atoms with Crippen LogP contribution < -0.4 is 15.4 Å². The second kappa shape index (κ2) is 10.9. The number of aryl methyl sites for hydroxylation is 1. The predicted molar refractivity (Wildman–Crippen MR) is 144 cm³/mol. The Morgan fingerprint density at radius 1 is 1.13 bits per heavy atom. The van der Waals surface area contributed by atoms with E-state index in [1.54, 1.807) is 55.7 Å². The van der Waals surface area contributed by atoms with Crippen LogP contribution in [0.25, 0.3) is 0 Å². The predicted octanol–water partition coefficient (Wildman–Crippen LogP) is 3.33. The Morgan fingerprint density at radius 2 is 1.97 bits per heavy atom. The van der Waals surface area contributed by atoms with Gasteiger partial charge in [0, 0.05) is 31.9 Å². The van der Waals surface area contributed by atoms with Crippen molar-refractivity contribution >= 4 is 40.8 Å². The van der Waals surface area contributed by atoms with Gasteiger partial charge in [0.15, 0.2) is 0 Å². The molecular weight excluding hydrogens is 522 g/mol. The van der Waals surface area contributed by atoms with Gasteiger partial charge in [-0.3, -0.25) is 24.0 Å². The van der Waals surface area contributed by atoms with Crippen LogP contribution in [-0.2, 0) is 24.8 Å². The Balaban J connectivity index is 1.41. The quantitative estimate of drug-likeness (QED) is 0.364. The first-order valence-electron chi connectivity index (χ1n) is 12.0. The molecule has 4 heterocycles. The molecule has 4 aromatic rings. The maximum Gasteiger partial charge on any atom is 0.275 e. The van der Waals surface area contributed by atoms with Crippen LogP contribution in [0.3, 0.4) is 0 Å². The number of halogens is 1. The fourth-order valence-electron chi connectivity index (χ4n) is 4.32. The van der Waals surface area contributed by atoms with Gasteiger partial charge in [-0.25, -0.2) is 4.98 Å². The highest BCUT2D eigenvalue weighted by atomic mass is 35.5. The number of methoxy groups -OCH3 is 1. The molecule has 1 aliphatic heterocycles. The van der Waals surface area contributed by atoms with E-state index < -0.39 is 11.9 Å². The third kappa shape index (κ3) is 5.43. The third-order valence-corrected chi connectivity index (χ3v) is 6.62. The average Bonchev–Trinajstić information content (AvgIpc) is 3.26. The van der Waals surface area contributed by atoms with E-state index in [0.717, 1.165) is 0 Å². The first-order chi connectivity index (χ1) is 18.8. The van der Waals surface area contributed by atoms with E-state index >= 15 is 0 Å². The van der Waals surface area contributed by atoms with Crippen molar-refractivity contribution < 1.29 is 19.1 Å². The molecule has 0 saturated heterocycles. The summed E-state index contributed by atoms with van der Waals surface area (Å²) in [5.41, 5.74) is 2.14. The summed E-state index contributed by atoms with van der Waals surface area (Å²) in [5.74, 6) is -0.261. The minimum atomic E-state index is -0.845. The summed E-state index contributed by atoms with van der Waals surface area (Å²) in [4.78, 5) is 49.8. The fraction of sp³-hybridized carbons (Fsp3) is 0.185. The Bertz CT molecular complexity index is 1540. The summed E-state index contributed by atoms with van der Waals surface area (Å²) in [6, 6.07) is 12.7. The third-order valence-electron chi connectivity index (χ3n) is 6.31. The molecule has 0 spiro atoms. The number of amides is 3. The van der Waals surface area contributed by atoms with Crippen LogP contribution in [0.4, 0.5) is 11.5 Å². The van der Waals surface area contributed by atoms with Crippen molar-refractivity contribution in [3.8, 4) is 5.75 Å². The molecule has 39 heavy (non-hydrogen) atoms. The minimum Gasteiger partial charge on any atom is -0.495 e. The zero-order valence-electron chi connectivity index (χ0n) is 21.1. The van der Waals surface area contributed by atoms with E-state index in [1.165, 1.54) is 29.1 Å². The van der Waals surface area contributed by atoms with Crippen LogP contribution in [0.5, 0.6) is 5.75 Å². The minimum absolute atomic E-state index is 0.0655. The number of ether oxygens (including phenoxy) is 1. The number of hydrogen-bond donors (Lipinski definition) is 2. The van der Waals surface area contributed by atoms with Gasteiger partial charge in [0.05, 0.1) is 35.8 Å². The second-order valence-electron chi connectivity index (χ2n) is 8.85. The van der Waals surface area contributed by atoms with Crippen LogP contribution in [-0.4, -0.2) is 55.5 Å². The molecule has 5 rings (SSSR count). The van der Waals surface area contributed by atoms with Gasteiger partial charge in [-0.1, -0.05) is 23.7 Å². The van der Waals surface area contributed by atoms with Crippen molar-refractivity contribution in [3.63, 3.8) is 0 Å².